The maximum atomic E-state index is 12.3. The quantitative estimate of drug-likeness (QED) is 0.559. The zero-order valence-corrected chi connectivity index (χ0v) is 17.4. The monoisotopic (exact) mass is 387 g/mol. The summed E-state index contributed by atoms with van der Waals surface area (Å²) in [5.74, 6) is 2.20. The zero-order chi connectivity index (χ0) is 19.6. The van der Waals surface area contributed by atoms with Crippen LogP contribution in [0.4, 0.5) is 0 Å². The summed E-state index contributed by atoms with van der Waals surface area (Å²) >= 11 is 0. The molecule has 1 unspecified atom stereocenters. The van der Waals surface area contributed by atoms with E-state index in [0.29, 0.717) is 25.4 Å². The predicted octanol–water partition coefficient (Wildman–Crippen LogP) is 3.00. The van der Waals surface area contributed by atoms with Crippen molar-refractivity contribution in [3.05, 3.63) is 59.7 Å². The second-order valence-electron chi connectivity index (χ2n) is 6.43. The molecule has 2 aromatic rings. The second-order valence-corrected chi connectivity index (χ2v) is 8.00. The van der Waals surface area contributed by atoms with Crippen molar-refractivity contribution in [2.75, 3.05) is 39.5 Å². The van der Waals surface area contributed by atoms with Crippen LogP contribution in [0.25, 0.3) is 0 Å². The van der Waals surface area contributed by atoms with Crippen LogP contribution in [0.3, 0.4) is 0 Å². The number of aryl methyl sites for hydroxylation is 2. The van der Waals surface area contributed by atoms with Crippen molar-refractivity contribution in [3.8, 4) is 5.75 Å². The summed E-state index contributed by atoms with van der Waals surface area (Å²) in [6.45, 7) is 6.00. The minimum atomic E-state index is -1.01. The van der Waals surface area contributed by atoms with Crippen LogP contribution in [0.5, 0.6) is 5.75 Å². The SMILES string of the molecule is CN=C(NCCS(=O)c1ccccc1)N(C)CCOc1cc(C)cc(C)c1. The Hall–Kier alpha value is -2.34. The normalized spacial score (nSPS) is 12.5. The molecular formula is C21H29N3O2S. The minimum Gasteiger partial charge on any atom is -0.492 e. The fraction of sp³-hybridized carbons (Fsp3) is 0.381. The number of rotatable bonds is 8. The van der Waals surface area contributed by atoms with Crippen LogP contribution in [0.1, 0.15) is 11.1 Å². The Balaban J connectivity index is 1.75. The first-order valence-electron chi connectivity index (χ1n) is 9.06. The number of hydrogen-bond donors (Lipinski definition) is 1. The molecule has 0 saturated carbocycles. The van der Waals surface area contributed by atoms with E-state index in [4.69, 9.17) is 4.74 Å². The van der Waals surface area contributed by atoms with Gasteiger partial charge in [0.25, 0.3) is 0 Å². The lowest BCUT2D eigenvalue weighted by Crippen LogP contribution is -2.42. The summed E-state index contributed by atoms with van der Waals surface area (Å²) in [6.07, 6.45) is 0. The predicted molar refractivity (Wildman–Crippen MR) is 113 cm³/mol. The Morgan fingerprint density at radius 2 is 1.81 bits per heavy atom. The lowest BCUT2D eigenvalue weighted by Gasteiger charge is -2.22. The molecule has 1 atom stereocenters. The second kappa shape index (κ2) is 10.7. The maximum Gasteiger partial charge on any atom is 0.193 e. The van der Waals surface area contributed by atoms with Crippen LogP contribution < -0.4 is 10.1 Å². The van der Waals surface area contributed by atoms with Gasteiger partial charge in [-0.3, -0.25) is 9.20 Å². The van der Waals surface area contributed by atoms with Crippen molar-refractivity contribution in [3.63, 3.8) is 0 Å². The summed E-state index contributed by atoms with van der Waals surface area (Å²) in [7, 11) is 2.70. The first kappa shape index (κ1) is 21.0. The fourth-order valence-corrected chi connectivity index (χ4v) is 3.74. The Kier molecular flexibility index (Phi) is 8.33. The average Bonchev–Trinajstić information content (AvgIpc) is 2.65. The van der Waals surface area contributed by atoms with E-state index >= 15 is 0 Å². The summed E-state index contributed by atoms with van der Waals surface area (Å²) in [5, 5.41) is 3.26. The van der Waals surface area contributed by atoms with E-state index in [1.807, 2.05) is 54.4 Å². The molecule has 0 heterocycles. The van der Waals surface area contributed by atoms with Gasteiger partial charge in [0.05, 0.1) is 17.3 Å². The molecule has 27 heavy (non-hydrogen) atoms. The molecular weight excluding hydrogens is 358 g/mol. The van der Waals surface area contributed by atoms with Crippen molar-refractivity contribution in [1.29, 1.82) is 0 Å². The minimum absolute atomic E-state index is 0.538. The van der Waals surface area contributed by atoms with Gasteiger partial charge in [-0.05, 0) is 49.2 Å². The van der Waals surface area contributed by atoms with Gasteiger partial charge >= 0.3 is 0 Å². The van der Waals surface area contributed by atoms with E-state index < -0.39 is 10.8 Å². The highest BCUT2D eigenvalue weighted by Crippen LogP contribution is 2.16. The molecule has 1 N–H and O–H groups in total. The van der Waals surface area contributed by atoms with Gasteiger partial charge in [-0.25, -0.2) is 0 Å². The third-order valence-corrected chi connectivity index (χ3v) is 5.41. The Bertz CT molecular complexity index is 758. The summed E-state index contributed by atoms with van der Waals surface area (Å²) in [6, 6.07) is 15.7. The lowest BCUT2D eigenvalue weighted by molar-refractivity contribution is 0.281. The smallest absolute Gasteiger partial charge is 0.193 e. The van der Waals surface area contributed by atoms with Crippen LogP contribution in [-0.4, -0.2) is 54.6 Å². The average molecular weight is 388 g/mol. The lowest BCUT2D eigenvalue weighted by atomic mass is 10.1. The first-order chi connectivity index (χ1) is 13.0. The molecule has 0 spiro atoms. The number of nitrogens with zero attached hydrogens (tertiary/aromatic N) is 2. The fourth-order valence-electron chi connectivity index (χ4n) is 2.75. The number of benzene rings is 2. The first-order valence-corrected chi connectivity index (χ1v) is 10.4. The Morgan fingerprint density at radius 3 is 2.44 bits per heavy atom. The topological polar surface area (TPSA) is 53.9 Å². The number of aliphatic imine (C=N–C) groups is 1. The van der Waals surface area contributed by atoms with Crippen molar-refractivity contribution in [2.24, 2.45) is 4.99 Å². The molecule has 0 aliphatic rings. The summed E-state index contributed by atoms with van der Waals surface area (Å²) in [5.41, 5.74) is 2.39. The van der Waals surface area contributed by atoms with E-state index in [9.17, 15) is 4.21 Å². The summed E-state index contributed by atoms with van der Waals surface area (Å²) < 4.78 is 18.1. The largest absolute Gasteiger partial charge is 0.492 e. The van der Waals surface area contributed by atoms with Gasteiger partial charge in [-0.2, -0.15) is 0 Å². The van der Waals surface area contributed by atoms with Gasteiger partial charge in [0.1, 0.15) is 12.4 Å². The molecule has 0 bridgehead atoms. The molecule has 0 aliphatic heterocycles. The van der Waals surface area contributed by atoms with Crippen molar-refractivity contribution < 1.29 is 8.95 Å². The van der Waals surface area contributed by atoms with Crippen LogP contribution in [0.15, 0.2) is 58.4 Å². The number of likely N-dealkylation sites (N-methyl/N-ethyl adjacent to an activating group) is 1. The summed E-state index contributed by atoms with van der Waals surface area (Å²) in [4.78, 5) is 7.15. The molecule has 0 aliphatic carbocycles. The molecule has 2 aromatic carbocycles. The van der Waals surface area contributed by atoms with Gasteiger partial charge in [-0.15, -0.1) is 0 Å². The van der Waals surface area contributed by atoms with Gasteiger partial charge < -0.3 is 15.0 Å². The zero-order valence-electron chi connectivity index (χ0n) is 16.6. The van der Waals surface area contributed by atoms with Gasteiger partial charge in [0, 0.05) is 31.3 Å². The number of ether oxygens (including phenoxy) is 1. The van der Waals surface area contributed by atoms with E-state index in [0.717, 1.165) is 16.6 Å². The number of nitrogens with one attached hydrogen (secondary N) is 1. The third-order valence-electron chi connectivity index (χ3n) is 4.04. The van der Waals surface area contributed by atoms with Crippen molar-refractivity contribution in [1.82, 2.24) is 10.2 Å². The highest BCUT2D eigenvalue weighted by Gasteiger charge is 2.08. The van der Waals surface area contributed by atoms with Crippen molar-refractivity contribution in [2.45, 2.75) is 18.7 Å². The molecule has 0 fully saturated rings. The van der Waals surface area contributed by atoms with E-state index in [-0.39, 0.29) is 0 Å². The van der Waals surface area contributed by atoms with E-state index in [2.05, 4.69) is 30.2 Å². The highest BCUT2D eigenvalue weighted by molar-refractivity contribution is 7.85. The van der Waals surface area contributed by atoms with Crippen LogP contribution in [-0.2, 0) is 10.8 Å². The molecule has 0 aromatic heterocycles. The van der Waals surface area contributed by atoms with E-state index in [1.54, 1.807) is 7.05 Å². The standard InChI is InChI=1S/C21H29N3O2S/c1-17-14-18(2)16-19(15-17)26-12-11-24(4)21(22-3)23-10-13-27(25)20-8-6-5-7-9-20/h5-9,14-16H,10-13H2,1-4H3,(H,22,23). The molecule has 5 nitrogen and oxygen atoms in total. The molecule has 2 rings (SSSR count). The van der Waals surface area contributed by atoms with E-state index in [1.165, 1.54) is 11.1 Å². The maximum absolute atomic E-state index is 12.3. The van der Waals surface area contributed by atoms with Crippen LogP contribution in [0, 0.1) is 13.8 Å². The molecule has 6 heteroatoms. The third kappa shape index (κ3) is 7.06. The Morgan fingerprint density at radius 1 is 1.15 bits per heavy atom. The number of hydrogen-bond acceptors (Lipinski definition) is 3. The molecule has 146 valence electrons. The van der Waals surface area contributed by atoms with Crippen LogP contribution in [0.2, 0.25) is 0 Å². The molecule has 0 amide bonds. The van der Waals surface area contributed by atoms with Gasteiger partial charge in [0.15, 0.2) is 5.96 Å². The van der Waals surface area contributed by atoms with Gasteiger partial charge in [0.2, 0.25) is 0 Å². The van der Waals surface area contributed by atoms with Crippen LogP contribution >= 0.6 is 0 Å². The molecule has 0 saturated heterocycles. The van der Waals surface area contributed by atoms with Gasteiger partial charge in [-0.1, -0.05) is 24.3 Å². The van der Waals surface area contributed by atoms with Crippen molar-refractivity contribution >= 4 is 16.8 Å². The molecule has 0 radical (unpaired) electrons. The number of guanidine groups is 1. The Labute approximate surface area is 164 Å². The highest BCUT2D eigenvalue weighted by atomic mass is 32.2.